The Labute approximate surface area is 131 Å². The molecule has 1 unspecified atom stereocenters. The number of hydrogen-bond acceptors (Lipinski definition) is 3. The van der Waals surface area contributed by atoms with Crippen molar-refractivity contribution in [2.75, 3.05) is 14.2 Å². The van der Waals surface area contributed by atoms with E-state index in [1.165, 1.54) is 0 Å². The SMILES string of the molecule is COc1ccc(C(N)c2cc(Cl)cc(Br)c2)cc1OC. The van der Waals surface area contributed by atoms with Gasteiger partial charge in [-0.05, 0) is 41.5 Å². The van der Waals surface area contributed by atoms with Gasteiger partial charge in [-0.15, -0.1) is 0 Å². The van der Waals surface area contributed by atoms with Gasteiger partial charge in [-0.3, -0.25) is 0 Å². The van der Waals surface area contributed by atoms with Gasteiger partial charge in [0.15, 0.2) is 11.5 Å². The number of hydrogen-bond donors (Lipinski definition) is 1. The molecule has 0 aromatic heterocycles. The minimum absolute atomic E-state index is 0.287. The summed E-state index contributed by atoms with van der Waals surface area (Å²) >= 11 is 9.48. The summed E-state index contributed by atoms with van der Waals surface area (Å²) in [6, 6.07) is 11.0. The first-order valence-electron chi connectivity index (χ1n) is 5.98. The molecule has 2 N–H and O–H groups in total. The molecule has 2 aromatic carbocycles. The van der Waals surface area contributed by atoms with Crippen LogP contribution in [0.3, 0.4) is 0 Å². The van der Waals surface area contributed by atoms with E-state index in [-0.39, 0.29) is 6.04 Å². The standard InChI is InChI=1S/C15H15BrClNO2/c1-19-13-4-3-9(7-14(13)20-2)15(18)10-5-11(16)8-12(17)6-10/h3-8,15H,18H2,1-2H3. The number of benzene rings is 2. The topological polar surface area (TPSA) is 44.5 Å². The van der Waals surface area contributed by atoms with E-state index in [1.807, 2.05) is 36.4 Å². The number of ether oxygens (including phenoxy) is 2. The van der Waals surface area contributed by atoms with E-state index in [0.717, 1.165) is 15.6 Å². The van der Waals surface area contributed by atoms with Crippen molar-refractivity contribution in [2.45, 2.75) is 6.04 Å². The van der Waals surface area contributed by atoms with Crippen LogP contribution in [0.2, 0.25) is 5.02 Å². The molecule has 0 bridgehead atoms. The summed E-state index contributed by atoms with van der Waals surface area (Å²) in [6.07, 6.45) is 0. The second-order valence-electron chi connectivity index (χ2n) is 4.29. The molecule has 106 valence electrons. The highest BCUT2D eigenvalue weighted by Crippen LogP contribution is 2.32. The van der Waals surface area contributed by atoms with E-state index in [1.54, 1.807) is 14.2 Å². The maximum absolute atomic E-state index is 6.29. The van der Waals surface area contributed by atoms with Crippen molar-refractivity contribution in [3.63, 3.8) is 0 Å². The van der Waals surface area contributed by atoms with Crippen molar-refractivity contribution >= 4 is 27.5 Å². The molecule has 2 aromatic rings. The van der Waals surface area contributed by atoms with Crippen molar-refractivity contribution in [1.82, 2.24) is 0 Å². The Kier molecular flexibility index (Phi) is 4.91. The second-order valence-corrected chi connectivity index (χ2v) is 5.65. The van der Waals surface area contributed by atoms with Crippen LogP contribution >= 0.6 is 27.5 Å². The molecule has 0 fully saturated rings. The third-order valence-corrected chi connectivity index (χ3v) is 3.69. The Morgan fingerprint density at radius 2 is 1.70 bits per heavy atom. The van der Waals surface area contributed by atoms with Gasteiger partial charge in [0.2, 0.25) is 0 Å². The lowest BCUT2D eigenvalue weighted by molar-refractivity contribution is 0.354. The first-order valence-corrected chi connectivity index (χ1v) is 7.15. The van der Waals surface area contributed by atoms with Gasteiger partial charge in [0.25, 0.3) is 0 Å². The van der Waals surface area contributed by atoms with Crippen LogP contribution < -0.4 is 15.2 Å². The van der Waals surface area contributed by atoms with Crippen LogP contribution in [0.1, 0.15) is 17.2 Å². The molecule has 0 saturated carbocycles. The Balaban J connectivity index is 2.39. The zero-order valence-corrected chi connectivity index (χ0v) is 13.5. The van der Waals surface area contributed by atoms with Gasteiger partial charge >= 0.3 is 0 Å². The normalized spacial score (nSPS) is 12.1. The van der Waals surface area contributed by atoms with Crippen LogP contribution in [0, 0.1) is 0 Å². The monoisotopic (exact) mass is 355 g/mol. The number of rotatable bonds is 4. The van der Waals surface area contributed by atoms with Crippen molar-refractivity contribution in [2.24, 2.45) is 5.73 Å². The molecular formula is C15H15BrClNO2. The molecule has 5 heteroatoms. The summed E-state index contributed by atoms with van der Waals surface area (Å²) in [5.74, 6) is 1.33. The van der Waals surface area contributed by atoms with Crippen LogP contribution in [-0.2, 0) is 0 Å². The van der Waals surface area contributed by atoms with Crippen LogP contribution in [0.15, 0.2) is 40.9 Å². The molecular weight excluding hydrogens is 342 g/mol. The van der Waals surface area contributed by atoms with Gasteiger partial charge < -0.3 is 15.2 Å². The molecule has 20 heavy (non-hydrogen) atoms. The summed E-state index contributed by atoms with van der Waals surface area (Å²) in [4.78, 5) is 0. The average Bonchev–Trinajstić information content (AvgIpc) is 2.44. The predicted molar refractivity (Wildman–Crippen MR) is 84.7 cm³/mol. The molecule has 0 aliphatic rings. The number of methoxy groups -OCH3 is 2. The molecule has 0 aliphatic heterocycles. The summed E-state index contributed by atoms with van der Waals surface area (Å²) < 4.78 is 11.4. The average molecular weight is 357 g/mol. The minimum atomic E-state index is -0.287. The van der Waals surface area contributed by atoms with Crippen molar-refractivity contribution in [1.29, 1.82) is 0 Å². The molecule has 1 atom stereocenters. The van der Waals surface area contributed by atoms with Crippen LogP contribution in [0.5, 0.6) is 11.5 Å². The van der Waals surface area contributed by atoms with Gasteiger partial charge in [0.05, 0.1) is 20.3 Å². The summed E-state index contributed by atoms with van der Waals surface area (Å²) in [5.41, 5.74) is 8.15. The Morgan fingerprint density at radius 1 is 1.00 bits per heavy atom. The fraction of sp³-hybridized carbons (Fsp3) is 0.200. The van der Waals surface area contributed by atoms with E-state index in [0.29, 0.717) is 16.5 Å². The molecule has 0 aliphatic carbocycles. The molecule has 0 heterocycles. The maximum atomic E-state index is 6.29. The molecule has 0 amide bonds. The lowest BCUT2D eigenvalue weighted by Gasteiger charge is -2.16. The Hall–Kier alpha value is -1.23. The highest BCUT2D eigenvalue weighted by Gasteiger charge is 2.13. The van der Waals surface area contributed by atoms with Crippen LogP contribution in [-0.4, -0.2) is 14.2 Å². The summed E-state index contributed by atoms with van der Waals surface area (Å²) in [6.45, 7) is 0. The Bertz CT molecular complexity index is 599. The van der Waals surface area contributed by atoms with Gasteiger partial charge in [0.1, 0.15) is 0 Å². The fourth-order valence-corrected chi connectivity index (χ4v) is 2.88. The third kappa shape index (κ3) is 3.26. The van der Waals surface area contributed by atoms with E-state index in [2.05, 4.69) is 15.9 Å². The number of halogens is 2. The lowest BCUT2D eigenvalue weighted by Crippen LogP contribution is -2.12. The second kappa shape index (κ2) is 6.48. The zero-order chi connectivity index (χ0) is 14.7. The summed E-state index contributed by atoms with van der Waals surface area (Å²) in [7, 11) is 3.20. The first-order chi connectivity index (χ1) is 9.55. The molecule has 0 radical (unpaired) electrons. The Morgan fingerprint density at radius 3 is 2.30 bits per heavy atom. The zero-order valence-electron chi connectivity index (χ0n) is 11.2. The summed E-state index contributed by atoms with van der Waals surface area (Å²) in [5, 5.41) is 0.644. The van der Waals surface area contributed by atoms with Crippen LogP contribution in [0.25, 0.3) is 0 Å². The molecule has 2 rings (SSSR count). The molecule has 0 saturated heterocycles. The van der Waals surface area contributed by atoms with Gasteiger partial charge in [-0.25, -0.2) is 0 Å². The molecule has 0 spiro atoms. The van der Waals surface area contributed by atoms with Crippen molar-refractivity contribution in [3.8, 4) is 11.5 Å². The third-order valence-electron chi connectivity index (χ3n) is 3.01. The van der Waals surface area contributed by atoms with Crippen molar-refractivity contribution in [3.05, 3.63) is 57.0 Å². The quantitative estimate of drug-likeness (QED) is 0.894. The van der Waals surface area contributed by atoms with Crippen LogP contribution in [0.4, 0.5) is 0 Å². The van der Waals surface area contributed by atoms with E-state index >= 15 is 0 Å². The lowest BCUT2D eigenvalue weighted by atomic mass is 9.99. The van der Waals surface area contributed by atoms with E-state index in [4.69, 9.17) is 26.8 Å². The highest BCUT2D eigenvalue weighted by molar-refractivity contribution is 9.10. The predicted octanol–water partition coefficient (Wildman–Crippen LogP) is 4.17. The largest absolute Gasteiger partial charge is 0.493 e. The maximum Gasteiger partial charge on any atom is 0.161 e. The van der Waals surface area contributed by atoms with Crippen molar-refractivity contribution < 1.29 is 9.47 Å². The highest BCUT2D eigenvalue weighted by atomic mass is 79.9. The van der Waals surface area contributed by atoms with Gasteiger partial charge in [-0.1, -0.05) is 33.6 Å². The number of nitrogens with two attached hydrogens (primary N) is 1. The van der Waals surface area contributed by atoms with Gasteiger partial charge in [0, 0.05) is 9.50 Å². The smallest absolute Gasteiger partial charge is 0.161 e. The van der Waals surface area contributed by atoms with Gasteiger partial charge in [-0.2, -0.15) is 0 Å². The minimum Gasteiger partial charge on any atom is -0.493 e. The molecule has 3 nitrogen and oxygen atoms in total. The first kappa shape index (κ1) is 15.2. The van der Waals surface area contributed by atoms with E-state index < -0.39 is 0 Å². The fourth-order valence-electron chi connectivity index (χ4n) is 1.99. The van der Waals surface area contributed by atoms with E-state index in [9.17, 15) is 0 Å².